The van der Waals surface area contributed by atoms with E-state index in [9.17, 15) is 10.1 Å². The fourth-order valence-electron chi connectivity index (χ4n) is 1.80. The molecule has 0 fully saturated rings. The van der Waals surface area contributed by atoms with Gasteiger partial charge in [-0.3, -0.25) is 10.1 Å². The molecule has 2 aromatic rings. The van der Waals surface area contributed by atoms with Gasteiger partial charge < -0.3 is 5.73 Å². The van der Waals surface area contributed by atoms with Gasteiger partial charge in [-0.25, -0.2) is 9.67 Å². The Balaban J connectivity index is 2.61. The topological polar surface area (TPSA) is 99.9 Å². The first kappa shape index (κ1) is 12.0. The van der Waals surface area contributed by atoms with Gasteiger partial charge in [-0.15, -0.1) is 0 Å². The number of nitrogen functional groups attached to an aromatic ring is 1. The first-order valence-electron chi connectivity index (χ1n) is 5.36. The maximum Gasteiger partial charge on any atom is 0.313 e. The highest BCUT2D eigenvalue weighted by atomic mass is 16.6. The number of hydrogen-bond acceptors (Lipinski definition) is 5. The molecule has 0 spiro atoms. The number of aryl methyl sites for hydroxylation is 2. The quantitative estimate of drug-likeness (QED) is 0.642. The summed E-state index contributed by atoms with van der Waals surface area (Å²) in [6, 6.07) is 3.39. The summed E-state index contributed by atoms with van der Waals surface area (Å²) in [4.78, 5) is 14.8. The lowest BCUT2D eigenvalue weighted by Gasteiger charge is -2.05. The third-order valence-corrected chi connectivity index (χ3v) is 2.76. The number of anilines is 1. The molecule has 2 rings (SSSR count). The fourth-order valence-corrected chi connectivity index (χ4v) is 1.80. The number of rotatable bonds is 2. The minimum atomic E-state index is -0.432. The molecule has 7 heteroatoms. The minimum absolute atomic E-state index is 0.0197. The van der Waals surface area contributed by atoms with Crippen molar-refractivity contribution in [3.63, 3.8) is 0 Å². The van der Waals surface area contributed by atoms with Crippen LogP contribution < -0.4 is 5.73 Å². The number of hydrogen-bond donors (Lipinski definition) is 1. The summed E-state index contributed by atoms with van der Waals surface area (Å²) < 4.78 is 1.46. The molecule has 0 aromatic carbocycles. The van der Waals surface area contributed by atoms with E-state index in [-0.39, 0.29) is 5.69 Å². The summed E-state index contributed by atoms with van der Waals surface area (Å²) in [7, 11) is 0. The smallest absolute Gasteiger partial charge is 0.313 e. The van der Waals surface area contributed by atoms with E-state index < -0.39 is 4.92 Å². The van der Waals surface area contributed by atoms with Gasteiger partial charge in [0.1, 0.15) is 11.4 Å². The van der Waals surface area contributed by atoms with Crippen LogP contribution in [-0.2, 0) is 0 Å². The Labute approximate surface area is 103 Å². The number of nitrogens with two attached hydrogens (primary N) is 1. The van der Waals surface area contributed by atoms with Gasteiger partial charge in [0.2, 0.25) is 0 Å². The Morgan fingerprint density at radius 2 is 1.94 bits per heavy atom. The van der Waals surface area contributed by atoms with Crippen LogP contribution in [0.15, 0.2) is 12.1 Å². The van der Waals surface area contributed by atoms with Crippen molar-refractivity contribution in [2.24, 2.45) is 0 Å². The van der Waals surface area contributed by atoms with Crippen LogP contribution in [0.1, 0.15) is 17.1 Å². The average molecular weight is 247 g/mol. The summed E-state index contributed by atoms with van der Waals surface area (Å²) >= 11 is 0. The maximum absolute atomic E-state index is 10.9. The lowest BCUT2D eigenvalue weighted by atomic mass is 10.3. The fraction of sp³-hybridized carbons (Fsp3) is 0.273. The summed E-state index contributed by atoms with van der Waals surface area (Å²) in [5.74, 6) is 0.524. The molecule has 0 radical (unpaired) electrons. The SMILES string of the molecule is Cc1nc(-n2nc(C)c([N+](=O)[O-])c2C)ccc1N. The zero-order chi connectivity index (χ0) is 13.4. The van der Waals surface area contributed by atoms with Crippen molar-refractivity contribution in [2.75, 3.05) is 5.73 Å². The molecule has 0 saturated carbocycles. The van der Waals surface area contributed by atoms with Gasteiger partial charge in [-0.05, 0) is 32.9 Å². The molecule has 94 valence electrons. The predicted molar refractivity (Wildman–Crippen MR) is 66.6 cm³/mol. The van der Waals surface area contributed by atoms with Gasteiger partial charge >= 0.3 is 5.69 Å². The summed E-state index contributed by atoms with van der Waals surface area (Å²) in [6.07, 6.45) is 0. The van der Waals surface area contributed by atoms with Gasteiger partial charge in [0.05, 0.1) is 16.3 Å². The molecule has 0 bridgehead atoms. The van der Waals surface area contributed by atoms with Crippen molar-refractivity contribution in [1.29, 1.82) is 0 Å². The van der Waals surface area contributed by atoms with E-state index in [1.807, 2.05) is 0 Å². The largest absolute Gasteiger partial charge is 0.397 e. The molecule has 0 aliphatic carbocycles. The van der Waals surface area contributed by atoms with Crippen LogP contribution in [0.4, 0.5) is 11.4 Å². The number of nitro groups is 1. The van der Waals surface area contributed by atoms with Gasteiger partial charge in [-0.1, -0.05) is 0 Å². The molecule has 0 saturated heterocycles. The van der Waals surface area contributed by atoms with Crippen molar-refractivity contribution in [2.45, 2.75) is 20.8 Å². The summed E-state index contributed by atoms with van der Waals surface area (Å²) in [5.41, 5.74) is 7.78. The van der Waals surface area contributed by atoms with E-state index in [0.717, 1.165) is 0 Å². The molecule has 7 nitrogen and oxygen atoms in total. The van der Waals surface area contributed by atoms with E-state index >= 15 is 0 Å². The second-order valence-corrected chi connectivity index (χ2v) is 4.03. The van der Waals surface area contributed by atoms with E-state index in [2.05, 4.69) is 10.1 Å². The van der Waals surface area contributed by atoms with Crippen LogP contribution in [0.2, 0.25) is 0 Å². The van der Waals surface area contributed by atoms with Crippen molar-refractivity contribution < 1.29 is 4.92 Å². The number of aromatic nitrogens is 3. The van der Waals surface area contributed by atoms with Crippen LogP contribution in [0.3, 0.4) is 0 Å². The lowest BCUT2D eigenvalue weighted by Crippen LogP contribution is -2.04. The maximum atomic E-state index is 10.9. The molecule has 18 heavy (non-hydrogen) atoms. The highest BCUT2D eigenvalue weighted by Gasteiger charge is 2.22. The summed E-state index contributed by atoms with van der Waals surface area (Å²) in [5, 5.41) is 15.1. The molecule has 2 N–H and O–H groups in total. The molecule has 0 unspecified atom stereocenters. The summed E-state index contributed by atoms with van der Waals surface area (Å²) in [6.45, 7) is 5.02. The van der Waals surface area contributed by atoms with E-state index in [0.29, 0.717) is 28.6 Å². The zero-order valence-corrected chi connectivity index (χ0v) is 10.3. The third kappa shape index (κ3) is 1.79. The van der Waals surface area contributed by atoms with Crippen molar-refractivity contribution >= 4 is 11.4 Å². The number of nitrogens with zero attached hydrogens (tertiary/aromatic N) is 4. The second kappa shape index (κ2) is 4.10. The van der Waals surface area contributed by atoms with Gasteiger partial charge in [0, 0.05) is 0 Å². The van der Waals surface area contributed by atoms with Gasteiger partial charge in [-0.2, -0.15) is 5.10 Å². The average Bonchev–Trinajstić information content (AvgIpc) is 2.58. The zero-order valence-electron chi connectivity index (χ0n) is 10.3. The highest BCUT2D eigenvalue weighted by Crippen LogP contribution is 2.24. The Bertz CT molecular complexity index is 633. The van der Waals surface area contributed by atoms with Crippen molar-refractivity contribution in [3.8, 4) is 5.82 Å². The highest BCUT2D eigenvalue weighted by molar-refractivity contribution is 5.48. The van der Waals surface area contributed by atoms with Crippen LogP contribution in [0.25, 0.3) is 5.82 Å². The Morgan fingerprint density at radius 1 is 1.28 bits per heavy atom. The Morgan fingerprint density at radius 3 is 2.44 bits per heavy atom. The van der Waals surface area contributed by atoms with E-state index in [1.165, 1.54) is 4.68 Å². The lowest BCUT2D eigenvalue weighted by molar-refractivity contribution is -0.386. The van der Waals surface area contributed by atoms with Crippen LogP contribution >= 0.6 is 0 Å². The molecular formula is C11H13N5O2. The van der Waals surface area contributed by atoms with E-state index in [4.69, 9.17) is 5.73 Å². The second-order valence-electron chi connectivity index (χ2n) is 4.03. The monoisotopic (exact) mass is 247 g/mol. The minimum Gasteiger partial charge on any atom is -0.397 e. The Hall–Kier alpha value is -2.44. The first-order valence-corrected chi connectivity index (χ1v) is 5.36. The standard InChI is InChI=1S/C11H13N5O2/c1-6-9(12)4-5-10(13-6)15-8(3)11(16(17)18)7(2)14-15/h4-5H,12H2,1-3H3. The van der Waals surface area contributed by atoms with Crippen LogP contribution in [0, 0.1) is 30.9 Å². The van der Waals surface area contributed by atoms with Gasteiger partial charge in [0.25, 0.3) is 0 Å². The van der Waals surface area contributed by atoms with Crippen molar-refractivity contribution in [3.05, 3.63) is 39.3 Å². The first-order chi connectivity index (χ1) is 8.41. The van der Waals surface area contributed by atoms with Gasteiger partial charge in [0.15, 0.2) is 5.82 Å². The molecule has 0 aliphatic heterocycles. The third-order valence-electron chi connectivity index (χ3n) is 2.76. The van der Waals surface area contributed by atoms with Crippen LogP contribution in [0.5, 0.6) is 0 Å². The Kier molecular flexibility index (Phi) is 2.74. The normalized spacial score (nSPS) is 10.6. The molecular weight excluding hydrogens is 234 g/mol. The molecule has 2 heterocycles. The van der Waals surface area contributed by atoms with Crippen LogP contribution in [-0.4, -0.2) is 19.7 Å². The number of pyridine rings is 1. The molecule has 0 amide bonds. The molecule has 0 aliphatic rings. The molecule has 0 atom stereocenters. The molecule has 2 aromatic heterocycles. The van der Waals surface area contributed by atoms with E-state index in [1.54, 1.807) is 32.9 Å². The van der Waals surface area contributed by atoms with Crippen molar-refractivity contribution in [1.82, 2.24) is 14.8 Å². The predicted octanol–water partition coefficient (Wildman–Crippen LogP) is 1.68.